The number of nitrogens with one attached hydrogen (secondary N) is 1. The van der Waals surface area contributed by atoms with Crippen LogP contribution >= 0.6 is 11.6 Å². The lowest BCUT2D eigenvalue weighted by Crippen LogP contribution is -2.47. The topological polar surface area (TPSA) is 106 Å². The molecule has 9 heteroatoms. The number of rotatable bonds is 10. The number of nitrogens with zero attached hydrogens (tertiary/aromatic N) is 3. The summed E-state index contributed by atoms with van der Waals surface area (Å²) in [7, 11) is 0. The van der Waals surface area contributed by atoms with E-state index in [4.69, 9.17) is 11.6 Å². The Morgan fingerprint density at radius 2 is 1.45 bits per heavy atom. The Kier molecular flexibility index (Phi) is 8.60. The molecule has 2 heterocycles. The number of fused-ring (bicyclic) bond motifs is 1. The van der Waals surface area contributed by atoms with Gasteiger partial charge in [-0.05, 0) is 79.2 Å². The van der Waals surface area contributed by atoms with Crippen molar-refractivity contribution < 1.29 is 19.8 Å². The molecule has 4 aromatic rings. The van der Waals surface area contributed by atoms with Crippen LogP contribution in [0.4, 0.5) is 5.69 Å². The molecule has 40 heavy (non-hydrogen) atoms. The summed E-state index contributed by atoms with van der Waals surface area (Å²) >= 11 is 6.15. The average molecular weight is 559 g/mol. The highest BCUT2D eigenvalue weighted by Crippen LogP contribution is 2.28. The van der Waals surface area contributed by atoms with Crippen molar-refractivity contribution >= 4 is 40.1 Å². The van der Waals surface area contributed by atoms with Crippen LogP contribution in [0.2, 0.25) is 5.02 Å². The second kappa shape index (κ2) is 12.5. The number of carboxylic acid groups (broad SMARTS) is 2. The molecule has 1 fully saturated rings. The maximum atomic E-state index is 11.3. The summed E-state index contributed by atoms with van der Waals surface area (Å²) in [5.74, 6) is -1.94. The van der Waals surface area contributed by atoms with Crippen molar-refractivity contribution in [3.8, 4) is 0 Å². The van der Waals surface area contributed by atoms with Crippen LogP contribution in [0.15, 0.2) is 79.0 Å². The first-order valence-corrected chi connectivity index (χ1v) is 13.7. The van der Waals surface area contributed by atoms with E-state index < -0.39 is 11.9 Å². The van der Waals surface area contributed by atoms with Crippen molar-refractivity contribution in [1.82, 2.24) is 15.2 Å². The summed E-state index contributed by atoms with van der Waals surface area (Å²) in [5, 5.41) is 23.9. The molecule has 1 aliphatic heterocycles. The van der Waals surface area contributed by atoms with Gasteiger partial charge in [-0.25, -0.2) is 9.59 Å². The fourth-order valence-corrected chi connectivity index (χ4v) is 5.37. The van der Waals surface area contributed by atoms with Crippen molar-refractivity contribution in [3.63, 3.8) is 0 Å². The molecule has 0 aliphatic carbocycles. The predicted molar refractivity (Wildman–Crippen MR) is 157 cm³/mol. The number of aromatic nitrogens is 1. The highest BCUT2D eigenvalue weighted by molar-refractivity contribution is 6.31. The molecule has 0 bridgehead atoms. The number of piperazine rings is 1. The van der Waals surface area contributed by atoms with Gasteiger partial charge in [0.1, 0.15) is 0 Å². The van der Waals surface area contributed by atoms with Crippen molar-refractivity contribution in [2.45, 2.75) is 12.5 Å². The highest BCUT2D eigenvalue weighted by atomic mass is 35.5. The average Bonchev–Trinajstić information content (AvgIpc) is 2.97. The van der Waals surface area contributed by atoms with Crippen LogP contribution in [0.25, 0.3) is 10.9 Å². The number of anilines is 1. The molecule has 1 aromatic heterocycles. The number of pyridine rings is 1. The monoisotopic (exact) mass is 558 g/mol. The molecule has 1 aliphatic rings. The van der Waals surface area contributed by atoms with Gasteiger partial charge in [0.2, 0.25) is 0 Å². The van der Waals surface area contributed by atoms with E-state index in [1.165, 1.54) is 5.69 Å². The number of benzene rings is 3. The van der Waals surface area contributed by atoms with Gasteiger partial charge < -0.3 is 20.4 Å². The highest BCUT2D eigenvalue weighted by Gasteiger charge is 2.20. The van der Waals surface area contributed by atoms with Crippen LogP contribution in [0, 0.1) is 0 Å². The molecular formula is C31H31ClN4O4. The maximum Gasteiger partial charge on any atom is 0.335 e. The second-order valence-electron chi connectivity index (χ2n) is 9.92. The molecule has 0 atom stereocenters. The summed E-state index contributed by atoms with van der Waals surface area (Å²) in [6.07, 6.45) is 2.78. The van der Waals surface area contributed by atoms with E-state index in [0.717, 1.165) is 67.7 Å². The fraction of sp³-hybridized carbons (Fsp3) is 0.258. The van der Waals surface area contributed by atoms with Gasteiger partial charge in [0.15, 0.2) is 0 Å². The maximum absolute atomic E-state index is 11.3. The Morgan fingerprint density at radius 1 is 0.850 bits per heavy atom. The van der Waals surface area contributed by atoms with Gasteiger partial charge in [0.05, 0.1) is 22.7 Å². The van der Waals surface area contributed by atoms with Crippen LogP contribution in [0.1, 0.15) is 44.3 Å². The van der Waals surface area contributed by atoms with Crippen LogP contribution in [-0.4, -0.2) is 71.3 Å². The fourth-order valence-electron chi connectivity index (χ4n) is 5.21. The summed E-state index contributed by atoms with van der Waals surface area (Å²) in [4.78, 5) is 31.9. The van der Waals surface area contributed by atoms with E-state index in [9.17, 15) is 19.8 Å². The molecule has 3 N–H and O–H groups in total. The summed E-state index contributed by atoms with van der Waals surface area (Å²) in [6.45, 7) is 5.51. The number of carbonyl (C=O) groups is 2. The van der Waals surface area contributed by atoms with Crippen LogP contribution < -0.4 is 10.2 Å². The predicted octanol–water partition coefficient (Wildman–Crippen LogP) is 5.18. The zero-order chi connectivity index (χ0) is 28.1. The zero-order valence-corrected chi connectivity index (χ0v) is 22.7. The van der Waals surface area contributed by atoms with Crippen molar-refractivity contribution in [2.24, 2.45) is 0 Å². The molecule has 0 saturated carbocycles. The third-order valence-corrected chi connectivity index (χ3v) is 7.61. The lowest BCUT2D eigenvalue weighted by atomic mass is 9.96. The van der Waals surface area contributed by atoms with Gasteiger partial charge in [0.25, 0.3) is 0 Å². The van der Waals surface area contributed by atoms with Crippen molar-refractivity contribution in [3.05, 3.63) is 106 Å². The molecule has 1 saturated heterocycles. The second-order valence-corrected chi connectivity index (χ2v) is 10.4. The van der Waals surface area contributed by atoms with E-state index in [1.807, 2.05) is 48.7 Å². The van der Waals surface area contributed by atoms with Gasteiger partial charge in [0, 0.05) is 48.5 Å². The Balaban J connectivity index is 1.18. The molecule has 206 valence electrons. The van der Waals surface area contributed by atoms with Crippen LogP contribution in [-0.2, 0) is 0 Å². The van der Waals surface area contributed by atoms with Crippen LogP contribution in [0.5, 0.6) is 0 Å². The molecular weight excluding hydrogens is 528 g/mol. The largest absolute Gasteiger partial charge is 0.478 e. The van der Waals surface area contributed by atoms with Gasteiger partial charge in [-0.3, -0.25) is 9.88 Å². The van der Waals surface area contributed by atoms with Crippen molar-refractivity contribution in [2.75, 3.05) is 44.2 Å². The first kappa shape index (κ1) is 27.6. The normalized spacial score (nSPS) is 14.1. The molecule has 8 nitrogen and oxygen atoms in total. The minimum Gasteiger partial charge on any atom is -0.478 e. The van der Waals surface area contributed by atoms with Gasteiger partial charge in [-0.15, -0.1) is 0 Å². The molecule has 3 aromatic carbocycles. The molecule has 0 radical (unpaired) electrons. The number of halogens is 1. The minimum absolute atomic E-state index is 0.184. The van der Waals surface area contributed by atoms with E-state index >= 15 is 0 Å². The number of carboxylic acids is 2. The Labute approximate surface area is 237 Å². The molecule has 0 unspecified atom stereocenters. The molecule has 0 amide bonds. The number of hydrogen-bond donors (Lipinski definition) is 3. The van der Waals surface area contributed by atoms with Crippen molar-refractivity contribution in [1.29, 1.82) is 0 Å². The Morgan fingerprint density at radius 3 is 2.02 bits per heavy atom. The number of hydrogen-bond acceptors (Lipinski definition) is 6. The SMILES string of the molecule is O=C(O)c1ccc(C(NCCCN2CCN(c3ccnc4cc(Cl)ccc34)CC2)c2ccc(C(=O)O)cc2)cc1. The summed E-state index contributed by atoms with van der Waals surface area (Å²) in [5.41, 5.74) is 4.40. The first-order valence-electron chi connectivity index (χ1n) is 13.3. The quantitative estimate of drug-likeness (QED) is 0.229. The van der Waals surface area contributed by atoms with Gasteiger partial charge in [-0.1, -0.05) is 35.9 Å². The Hall–Kier alpha value is -3.98. The van der Waals surface area contributed by atoms with Crippen LogP contribution in [0.3, 0.4) is 0 Å². The van der Waals surface area contributed by atoms with E-state index in [0.29, 0.717) is 5.02 Å². The van der Waals surface area contributed by atoms with E-state index in [2.05, 4.69) is 26.2 Å². The lowest BCUT2D eigenvalue weighted by molar-refractivity contribution is 0.0686. The van der Waals surface area contributed by atoms with E-state index in [-0.39, 0.29) is 17.2 Å². The minimum atomic E-state index is -0.969. The Bertz CT molecular complexity index is 1430. The standard InChI is InChI=1S/C31H31ClN4O4/c32-25-10-11-26-27(20-25)33-14-12-28(26)36-18-16-35(17-19-36)15-1-13-34-29(21-2-6-23(7-3-21)30(37)38)22-4-8-24(9-5-22)31(39)40/h2-12,14,20,29,34H,1,13,15-19H2,(H,37,38)(H,39,40). The third-order valence-electron chi connectivity index (χ3n) is 7.38. The third kappa shape index (κ3) is 6.42. The molecule has 0 spiro atoms. The zero-order valence-electron chi connectivity index (χ0n) is 22.0. The molecule has 5 rings (SSSR count). The number of aromatic carboxylic acids is 2. The lowest BCUT2D eigenvalue weighted by Gasteiger charge is -2.36. The van der Waals surface area contributed by atoms with Gasteiger partial charge >= 0.3 is 11.9 Å². The first-order chi connectivity index (χ1) is 19.4. The smallest absolute Gasteiger partial charge is 0.335 e. The summed E-state index contributed by atoms with van der Waals surface area (Å²) < 4.78 is 0. The van der Waals surface area contributed by atoms with Gasteiger partial charge in [-0.2, -0.15) is 0 Å². The van der Waals surface area contributed by atoms with E-state index in [1.54, 1.807) is 24.3 Å². The summed E-state index contributed by atoms with van der Waals surface area (Å²) in [6, 6.07) is 21.3.